The fourth-order valence-corrected chi connectivity index (χ4v) is 4.40. The van der Waals surface area contributed by atoms with Crippen molar-refractivity contribution in [2.24, 2.45) is 13.0 Å². The maximum absolute atomic E-state index is 12.7. The Balaban J connectivity index is 1.44. The first-order valence-electron chi connectivity index (χ1n) is 10.3. The van der Waals surface area contributed by atoms with Crippen LogP contribution in [0.4, 0.5) is 0 Å². The van der Waals surface area contributed by atoms with Crippen LogP contribution in [-0.4, -0.2) is 34.4 Å². The molecule has 0 bridgehead atoms. The van der Waals surface area contributed by atoms with E-state index in [9.17, 15) is 4.79 Å². The summed E-state index contributed by atoms with van der Waals surface area (Å²) in [7, 11) is 1.98. The van der Waals surface area contributed by atoms with Crippen molar-refractivity contribution in [1.82, 2.24) is 14.9 Å². The summed E-state index contributed by atoms with van der Waals surface area (Å²) in [4.78, 5) is 17.4. The number of ether oxygens (including phenoxy) is 2. The molecule has 6 nitrogen and oxygen atoms in total. The monoisotopic (exact) mass is 425 g/mol. The van der Waals surface area contributed by atoms with E-state index in [4.69, 9.17) is 9.47 Å². The Kier molecular flexibility index (Phi) is 6.18. The van der Waals surface area contributed by atoms with E-state index < -0.39 is 0 Å². The highest BCUT2D eigenvalue weighted by Gasteiger charge is 2.21. The number of carbonyl (C=O) groups is 1. The van der Waals surface area contributed by atoms with Gasteiger partial charge in [0.25, 0.3) is 0 Å². The van der Waals surface area contributed by atoms with Gasteiger partial charge in [0.1, 0.15) is 0 Å². The van der Waals surface area contributed by atoms with E-state index in [1.807, 2.05) is 54.1 Å². The SMILES string of the molecule is CC(C)[C@@H](NC(=O)CSc1nc2ccccc2n1C)c1ccc2c(c1)OCCCO2. The summed E-state index contributed by atoms with van der Waals surface area (Å²) in [6.45, 7) is 5.51. The molecule has 3 aromatic rings. The van der Waals surface area contributed by atoms with Crippen LogP contribution in [0.3, 0.4) is 0 Å². The maximum Gasteiger partial charge on any atom is 0.230 e. The van der Waals surface area contributed by atoms with Crippen LogP contribution in [0, 0.1) is 5.92 Å². The van der Waals surface area contributed by atoms with Crippen LogP contribution in [0.15, 0.2) is 47.6 Å². The fourth-order valence-electron chi connectivity index (χ4n) is 3.61. The van der Waals surface area contributed by atoms with E-state index in [2.05, 4.69) is 24.1 Å². The molecule has 0 spiro atoms. The highest BCUT2D eigenvalue weighted by Crippen LogP contribution is 2.34. The number of hydrogen-bond donors (Lipinski definition) is 1. The summed E-state index contributed by atoms with van der Waals surface area (Å²) in [5.74, 6) is 2.05. The first kappa shape index (κ1) is 20.6. The Hall–Kier alpha value is -2.67. The van der Waals surface area contributed by atoms with Gasteiger partial charge in [-0.05, 0) is 35.7 Å². The normalized spacial score (nSPS) is 14.5. The summed E-state index contributed by atoms with van der Waals surface area (Å²) < 4.78 is 13.6. The van der Waals surface area contributed by atoms with Crippen molar-refractivity contribution >= 4 is 28.7 Å². The Morgan fingerprint density at radius 2 is 1.93 bits per heavy atom. The van der Waals surface area contributed by atoms with Crippen LogP contribution in [0.5, 0.6) is 11.5 Å². The highest BCUT2D eigenvalue weighted by molar-refractivity contribution is 7.99. The molecule has 1 aliphatic rings. The minimum atomic E-state index is -0.101. The number of hydrogen-bond acceptors (Lipinski definition) is 5. The van der Waals surface area contributed by atoms with Crippen molar-refractivity contribution in [2.75, 3.05) is 19.0 Å². The van der Waals surface area contributed by atoms with Gasteiger partial charge in [0.15, 0.2) is 16.7 Å². The second-order valence-electron chi connectivity index (χ2n) is 7.78. The summed E-state index contributed by atoms with van der Waals surface area (Å²) in [6.07, 6.45) is 0.869. The topological polar surface area (TPSA) is 65.4 Å². The number of rotatable bonds is 6. The smallest absolute Gasteiger partial charge is 0.230 e. The molecule has 0 saturated carbocycles. The van der Waals surface area contributed by atoms with E-state index in [0.29, 0.717) is 19.0 Å². The van der Waals surface area contributed by atoms with Crippen LogP contribution in [0.25, 0.3) is 11.0 Å². The molecule has 0 saturated heterocycles. The second-order valence-corrected chi connectivity index (χ2v) is 8.72. The molecule has 2 aromatic carbocycles. The minimum Gasteiger partial charge on any atom is -0.490 e. The fraction of sp³-hybridized carbons (Fsp3) is 0.391. The molecular formula is C23H27N3O3S. The number of amides is 1. The molecule has 0 fully saturated rings. The lowest BCUT2D eigenvalue weighted by Crippen LogP contribution is -2.33. The van der Waals surface area contributed by atoms with Gasteiger partial charge in [-0.2, -0.15) is 0 Å². The van der Waals surface area contributed by atoms with Gasteiger partial charge >= 0.3 is 0 Å². The number of imidazole rings is 1. The zero-order valence-electron chi connectivity index (χ0n) is 17.6. The number of nitrogens with one attached hydrogen (secondary N) is 1. The molecule has 1 amide bonds. The lowest BCUT2D eigenvalue weighted by atomic mass is 9.95. The molecule has 7 heteroatoms. The first-order valence-corrected chi connectivity index (χ1v) is 11.2. The molecule has 0 radical (unpaired) electrons. The van der Waals surface area contributed by atoms with Gasteiger partial charge in [0, 0.05) is 13.5 Å². The van der Waals surface area contributed by atoms with Gasteiger partial charge in [-0.3, -0.25) is 4.79 Å². The summed E-state index contributed by atoms with van der Waals surface area (Å²) in [6, 6.07) is 13.8. The van der Waals surface area contributed by atoms with Crippen molar-refractivity contribution in [2.45, 2.75) is 31.5 Å². The van der Waals surface area contributed by atoms with E-state index in [0.717, 1.165) is 39.7 Å². The third-order valence-corrected chi connectivity index (χ3v) is 6.22. The van der Waals surface area contributed by atoms with Crippen molar-refractivity contribution in [3.63, 3.8) is 0 Å². The van der Waals surface area contributed by atoms with Crippen molar-refractivity contribution < 1.29 is 14.3 Å². The summed E-state index contributed by atoms with van der Waals surface area (Å²) in [5, 5.41) is 4.02. The van der Waals surface area contributed by atoms with Crippen LogP contribution >= 0.6 is 11.8 Å². The molecule has 0 aliphatic carbocycles. The zero-order chi connectivity index (χ0) is 21.1. The highest BCUT2D eigenvalue weighted by atomic mass is 32.2. The number of fused-ring (bicyclic) bond motifs is 2. The lowest BCUT2D eigenvalue weighted by molar-refractivity contribution is -0.119. The molecule has 30 heavy (non-hydrogen) atoms. The minimum absolute atomic E-state index is 0.0159. The molecular weight excluding hydrogens is 398 g/mol. The number of para-hydroxylation sites is 2. The predicted molar refractivity (Wildman–Crippen MR) is 119 cm³/mol. The standard InChI is InChI=1S/C23H27N3O3S/c1-15(2)22(16-9-10-19-20(13-16)29-12-6-11-28-19)25-21(27)14-30-23-24-17-7-4-5-8-18(17)26(23)3/h4-5,7-10,13,15,22H,6,11-12,14H2,1-3H3,(H,25,27)/t22-/m1/s1. The Labute approximate surface area is 181 Å². The molecule has 0 unspecified atom stereocenters. The van der Waals surface area contributed by atoms with Crippen LogP contribution < -0.4 is 14.8 Å². The Bertz CT molecular complexity index is 1050. The summed E-state index contributed by atoms with van der Waals surface area (Å²) >= 11 is 1.45. The average molecular weight is 426 g/mol. The quantitative estimate of drug-likeness (QED) is 0.595. The Morgan fingerprint density at radius 1 is 1.17 bits per heavy atom. The average Bonchev–Trinajstić information content (AvgIpc) is 2.90. The van der Waals surface area contributed by atoms with Gasteiger partial charge in [-0.25, -0.2) is 4.98 Å². The molecule has 1 aromatic heterocycles. The third-order valence-electron chi connectivity index (χ3n) is 5.19. The van der Waals surface area contributed by atoms with Crippen molar-refractivity contribution in [3.05, 3.63) is 48.0 Å². The predicted octanol–water partition coefficient (Wildman–Crippen LogP) is 4.34. The number of carbonyl (C=O) groups excluding carboxylic acids is 1. The lowest BCUT2D eigenvalue weighted by Gasteiger charge is -2.24. The largest absolute Gasteiger partial charge is 0.490 e. The van der Waals surface area contributed by atoms with E-state index >= 15 is 0 Å². The molecule has 158 valence electrons. The zero-order valence-corrected chi connectivity index (χ0v) is 18.4. The van der Waals surface area contributed by atoms with Gasteiger partial charge in [-0.15, -0.1) is 0 Å². The van der Waals surface area contributed by atoms with Crippen molar-refractivity contribution in [3.8, 4) is 11.5 Å². The number of benzene rings is 2. The number of nitrogens with zero attached hydrogens (tertiary/aromatic N) is 2. The number of aryl methyl sites for hydroxylation is 1. The second kappa shape index (κ2) is 9.00. The van der Waals surface area contributed by atoms with Gasteiger partial charge in [0.2, 0.25) is 5.91 Å². The maximum atomic E-state index is 12.7. The number of thioether (sulfide) groups is 1. The summed E-state index contributed by atoms with van der Waals surface area (Å²) in [5.41, 5.74) is 3.03. The molecule has 1 aliphatic heterocycles. The van der Waals surface area contributed by atoms with Crippen LogP contribution in [0.2, 0.25) is 0 Å². The van der Waals surface area contributed by atoms with Gasteiger partial charge in [-0.1, -0.05) is 43.8 Å². The van der Waals surface area contributed by atoms with Gasteiger partial charge < -0.3 is 19.4 Å². The van der Waals surface area contributed by atoms with E-state index in [-0.39, 0.29) is 17.9 Å². The number of aromatic nitrogens is 2. The van der Waals surface area contributed by atoms with Gasteiger partial charge in [0.05, 0.1) is 36.0 Å². The van der Waals surface area contributed by atoms with E-state index in [1.54, 1.807) is 0 Å². The third kappa shape index (κ3) is 4.41. The van der Waals surface area contributed by atoms with Crippen LogP contribution in [0.1, 0.15) is 31.9 Å². The Morgan fingerprint density at radius 3 is 2.70 bits per heavy atom. The molecule has 2 heterocycles. The van der Waals surface area contributed by atoms with Crippen LogP contribution in [-0.2, 0) is 11.8 Å². The van der Waals surface area contributed by atoms with Crippen molar-refractivity contribution in [1.29, 1.82) is 0 Å². The first-order chi connectivity index (χ1) is 14.5. The molecule has 1 atom stereocenters. The molecule has 4 rings (SSSR count). The molecule has 1 N–H and O–H groups in total. The van der Waals surface area contributed by atoms with E-state index in [1.165, 1.54) is 11.8 Å².